The van der Waals surface area contributed by atoms with Gasteiger partial charge in [0.25, 0.3) is 0 Å². The van der Waals surface area contributed by atoms with Gasteiger partial charge in [0, 0.05) is 24.6 Å². The number of nitrogens with zero attached hydrogens (tertiary/aromatic N) is 3. The predicted octanol–water partition coefficient (Wildman–Crippen LogP) is 4.56. The first kappa shape index (κ1) is 20.7. The number of pyridine rings is 1. The van der Waals surface area contributed by atoms with Crippen LogP contribution in [0.4, 0.5) is 10.1 Å². The van der Waals surface area contributed by atoms with Crippen LogP contribution in [-0.2, 0) is 11.3 Å². The van der Waals surface area contributed by atoms with Gasteiger partial charge in [-0.05, 0) is 44.3 Å². The summed E-state index contributed by atoms with van der Waals surface area (Å²) in [5, 5.41) is 9.90. The first-order valence-corrected chi connectivity index (χ1v) is 9.61. The molecule has 1 aliphatic heterocycles. The molecule has 6 heteroatoms. The molecule has 3 rings (SSSR count). The molecule has 1 aromatic heterocycles. The van der Waals surface area contributed by atoms with Crippen LogP contribution in [0.5, 0.6) is 0 Å². The van der Waals surface area contributed by atoms with E-state index in [4.69, 9.17) is 9.72 Å². The number of aromatic nitrogens is 1. The van der Waals surface area contributed by atoms with Gasteiger partial charge in [-0.1, -0.05) is 24.3 Å². The Morgan fingerprint density at radius 2 is 2.14 bits per heavy atom. The maximum absolute atomic E-state index is 12.9. The molecule has 1 atom stereocenters. The molecule has 29 heavy (non-hydrogen) atoms. The zero-order chi connectivity index (χ0) is 20.8. The minimum Gasteiger partial charge on any atom is -0.472 e. The molecule has 0 bridgehead atoms. The molecule has 1 unspecified atom stereocenters. The average molecular weight is 395 g/mol. The minimum atomic E-state index is -0.324. The Bertz CT molecular complexity index is 935. The van der Waals surface area contributed by atoms with E-state index in [0.717, 1.165) is 35.5 Å². The lowest BCUT2D eigenvalue weighted by Crippen LogP contribution is -2.24. The van der Waals surface area contributed by atoms with Crippen LogP contribution in [0.1, 0.15) is 24.6 Å². The average Bonchev–Trinajstić information content (AvgIpc) is 3.19. The van der Waals surface area contributed by atoms with Gasteiger partial charge in [0.1, 0.15) is 6.10 Å². The number of anilines is 1. The first-order valence-electron chi connectivity index (χ1n) is 9.61. The fourth-order valence-electron chi connectivity index (χ4n) is 3.44. The van der Waals surface area contributed by atoms with Crippen LogP contribution >= 0.6 is 0 Å². The van der Waals surface area contributed by atoms with Gasteiger partial charge in [-0.25, -0.2) is 14.4 Å². The van der Waals surface area contributed by atoms with Crippen LogP contribution in [0.3, 0.4) is 0 Å². The van der Waals surface area contributed by atoms with Crippen LogP contribution in [0.2, 0.25) is 0 Å². The largest absolute Gasteiger partial charge is 0.472 e. The number of aliphatic imine (C=N–C) groups is 1. The maximum atomic E-state index is 12.9. The monoisotopic (exact) mass is 395 g/mol. The molecule has 1 N–H and O–H groups in total. The van der Waals surface area contributed by atoms with E-state index in [-0.39, 0.29) is 18.5 Å². The molecule has 152 valence electrons. The van der Waals surface area contributed by atoms with Crippen molar-refractivity contribution in [1.29, 1.82) is 0 Å². The lowest BCUT2D eigenvalue weighted by atomic mass is 10.0. The quantitative estimate of drug-likeness (QED) is 0.424. The number of hydrogen-bond donors (Lipinski definition) is 1. The third kappa shape index (κ3) is 5.09. The van der Waals surface area contributed by atoms with E-state index in [1.54, 1.807) is 0 Å². The molecule has 2 heterocycles. The highest BCUT2D eigenvalue weighted by Gasteiger charge is 2.26. The third-order valence-corrected chi connectivity index (χ3v) is 4.91. The van der Waals surface area contributed by atoms with Crippen molar-refractivity contribution in [2.24, 2.45) is 4.99 Å². The first-order chi connectivity index (χ1) is 14.0. The van der Waals surface area contributed by atoms with Gasteiger partial charge in [-0.2, -0.15) is 0 Å². The number of aliphatic hydroxyl groups is 1. The van der Waals surface area contributed by atoms with Gasteiger partial charge in [-0.15, -0.1) is 0 Å². The number of aliphatic hydroxyl groups excluding tert-OH is 1. The lowest BCUT2D eigenvalue weighted by molar-refractivity contribution is 0.133. The second-order valence-corrected chi connectivity index (χ2v) is 7.03. The number of allylic oxidation sites excluding steroid dienone is 3. The van der Waals surface area contributed by atoms with E-state index in [9.17, 15) is 9.50 Å². The normalized spacial score (nSPS) is 17.5. The van der Waals surface area contributed by atoms with Gasteiger partial charge < -0.3 is 14.7 Å². The van der Waals surface area contributed by atoms with Crippen LogP contribution in [0.15, 0.2) is 65.3 Å². The second kappa shape index (κ2) is 9.47. The predicted molar refractivity (Wildman–Crippen MR) is 115 cm³/mol. The van der Waals surface area contributed by atoms with Crippen molar-refractivity contribution in [3.05, 3.63) is 71.5 Å². The Labute approximate surface area is 170 Å². The lowest BCUT2D eigenvalue weighted by Gasteiger charge is -2.22. The minimum absolute atomic E-state index is 0.0948. The van der Waals surface area contributed by atoms with E-state index < -0.39 is 0 Å². The molecule has 1 aromatic carbocycles. The highest BCUT2D eigenvalue weighted by Crippen LogP contribution is 2.29. The van der Waals surface area contributed by atoms with E-state index in [1.807, 2.05) is 43.3 Å². The molecule has 0 aliphatic carbocycles. The zero-order valence-corrected chi connectivity index (χ0v) is 16.8. The van der Waals surface area contributed by atoms with E-state index in [2.05, 4.69) is 16.6 Å². The van der Waals surface area contributed by atoms with Gasteiger partial charge in [0.05, 0.1) is 36.1 Å². The van der Waals surface area contributed by atoms with Gasteiger partial charge in [0.2, 0.25) is 5.88 Å². The maximum Gasteiger partial charge on any atom is 0.212 e. The Kier molecular flexibility index (Phi) is 6.77. The molecule has 1 fully saturated rings. The SMILES string of the molecule is C=N/C(=C\C=C(/C)F)OC1CCN(c2ccc(-c3ccccc3C)nc2CO)C1. The molecular formula is C23H26FN3O2. The molecule has 0 radical (unpaired) electrons. The van der Waals surface area contributed by atoms with Crippen LogP contribution in [-0.4, -0.2) is 36.0 Å². The summed E-state index contributed by atoms with van der Waals surface area (Å²) in [6.45, 7) is 8.14. The van der Waals surface area contributed by atoms with E-state index in [0.29, 0.717) is 18.1 Å². The summed E-state index contributed by atoms with van der Waals surface area (Å²) in [4.78, 5) is 10.7. The summed E-state index contributed by atoms with van der Waals surface area (Å²) in [5.41, 5.74) is 4.57. The highest BCUT2D eigenvalue weighted by molar-refractivity contribution is 5.66. The van der Waals surface area contributed by atoms with Gasteiger partial charge in [0.15, 0.2) is 0 Å². The molecule has 0 saturated carbocycles. The summed E-state index contributed by atoms with van der Waals surface area (Å²) in [6, 6.07) is 12.0. The van der Waals surface area contributed by atoms with Crippen LogP contribution in [0, 0.1) is 6.92 Å². The number of benzene rings is 1. The van der Waals surface area contributed by atoms with Crippen LogP contribution in [0.25, 0.3) is 11.3 Å². The second-order valence-electron chi connectivity index (χ2n) is 7.03. The van der Waals surface area contributed by atoms with Crippen molar-refractivity contribution in [3.63, 3.8) is 0 Å². The van der Waals surface area contributed by atoms with E-state index in [1.165, 1.54) is 19.1 Å². The van der Waals surface area contributed by atoms with Crippen molar-refractivity contribution < 1.29 is 14.2 Å². The zero-order valence-electron chi connectivity index (χ0n) is 16.8. The van der Waals surface area contributed by atoms with Crippen molar-refractivity contribution in [2.75, 3.05) is 18.0 Å². The Morgan fingerprint density at radius 3 is 2.83 bits per heavy atom. The van der Waals surface area contributed by atoms with Crippen molar-refractivity contribution in [1.82, 2.24) is 4.98 Å². The molecular weight excluding hydrogens is 369 g/mol. The summed E-state index contributed by atoms with van der Waals surface area (Å²) in [6.07, 6.45) is 3.47. The summed E-state index contributed by atoms with van der Waals surface area (Å²) in [5.74, 6) is -0.0283. The summed E-state index contributed by atoms with van der Waals surface area (Å²) in [7, 11) is 0. The number of ether oxygens (including phenoxy) is 1. The van der Waals surface area contributed by atoms with E-state index >= 15 is 0 Å². The van der Waals surface area contributed by atoms with Gasteiger partial charge in [-0.3, -0.25) is 0 Å². The Morgan fingerprint density at radius 1 is 1.34 bits per heavy atom. The van der Waals surface area contributed by atoms with Crippen molar-refractivity contribution in [3.8, 4) is 11.3 Å². The molecule has 5 nitrogen and oxygen atoms in total. The molecule has 2 aromatic rings. The number of halogens is 1. The fraction of sp³-hybridized carbons (Fsp3) is 0.304. The topological polar surface area (TPSA) is 58.0 Å². The number of hydrogen-bond acceptors (Lipinski definition) is 5. The van der Waals surface area contributed by atoms with Gasteiger partial charge >= 0.3 is 0 Å². The fourth-order valence-corrected chi connectivity index (χ4v) is 3.44. The Balaban J connectivity index is 1.76. The number of aryl methyl sites for hydroxylation is 1. The Hall–Kier alpha value is -2.99. The third-order valence-electron chi connectivity index (χ3n) is 4.91. The van der Waals surface area contributed by atoms with Crippen LogP contribution < -0.4 is 4.90 Å². The summed E-state index contributed by atoms with van der Waals surface area (Å²) < 4.78 is 18.8. The van der Waals surface area contributed by atoms with Crippen molar-refractivity contribution in [2.45, 2.75) is 33.0 Å². The molecule has 0 spiro atoms. The summed E-state index contributed by atoms with van der Waals surface area (Å²) >= 11 is 0. The highest BCUT2D eigenvalue weighted by atomic mass is 19.1. The molecule has 1 aliphatic rings. The number of rotatable bonds is 7. The standard InChI is InChI=1S/C23H26FN3O2/c1-16-6-4-5-7-19(16)20-9-10-22(21(15-28)26-20)27-13-12-18(14-27)29-23(25-3)11-8-17(2)24/h4-11,18,28H,3,12-15H2,1-2H3/b17-8+,23-11+. The molecule has 1 saturated heterocycles. The van der Waals surface area contributed by atoms with Crippen molar-refractivity contribution >= 4 is 12.4 Å². The molecule has 0 amide bonds. The smallest absolute Gasteiger partial charge is 0.212 e.